The SMILES string of the molecule is COC(=O)C(=O)c1cc2cccc(OC)c2oc1=O. The third kappa shape index (κ3) is 2.20. The highest BCUT2D eigenvalue weighted by Gasteiger charge is 2.22. The van der Waals surface area contributed by atoms with Gasteiger partial charge in [-0.15, -0.1) is 0 Å². The number of rotatable bonds is 3. The first-order valence-electron chi connectivity index (χ1n) is 5.32. The second kappa shape index (κ2) is 4.93. The summed E-state index contributed by atoms with van der Waals surface area (Å²) < 4.78 is 14.3. The van der Waals surface area contributed by atoms with E-state index in [1.165, 1.54) is 13.2 Å². The molecule has 0 aliphatic heterocycles. The highest BCUT2D eigenvalue weighted by atomic mass is 16.5. The Hall–Kier alpha value is -2.63. The van der Waals surface area contributed by atoms with Crippen LogP contribution in [-0.2, 0) is 9.53 Å². The normalized spacial score (nSPS) is 10.2. The van der Waals surface area contributed by atoms with Crippen LogP contribution in [0.4, 0.5) is 0 Å². The fourth-order valence-corrected chi connectivity index (χ4v) is 1.64. The third-order valence-electron chi connectivity index (χ3n) is 2.56. The first-order valence-corrected chi connectivity index (χ1v) is 5.32. The minimum absolute atomic E-state index is 0.219. The molecule has 0 N–H and O–H groups in total. The van der Waals surface area contributed by atoms with Crippen LogP contribution in [-0.4, -0.2) is 26.0 Å². The highest BCUT2D eigenvalue weighted by Crippen LogP contribution is 2.24. The molecule has 1 aromatic carbocycles. The molecule has 0 aliphatic rings. The van der Waals surface area contributed by atoms with Gasteiger partial charge in [0.1, 0.15) is 5.56 Å². The van der Waals surface area contributed by atoms with Gasteiger partial charge in [-0.1, -0.05) is 12.1 Å². The maximum Gasteiger partial charge on any atom is 0.379 e. The number of fused-ring (bicyclic) bond motifs is 1. The largest absolute Gasteiger partial charge is 0.493 e. The number of benzene rings is 1. The van der Waals surface area contributed by atoms with E-state index in [0.29, 0.717) is 11.1 Å². The van der Waals surface area contributed by atoms with Crippen molar-refractivity contribution in [3.8, 4) is 5.75 Å². The standard InChI is InChI=1S/C13H10O6/c1-17-9-5-3-4-7-6-8(10(14)13(16)18-2)12(15)19-11(7)9/h3-6H,1-2H3. The van der Waals surface area contributed by atoms with Crippen LogP contribution in [0.3, 0.4) is 0 Å². The van der Waals surface area contributed by atoms with Crippen LogP contribution in [0.15, 0.2) is 33.5 Å². The van der Waals surface area contributed by atoms with Crippen LogP contribution in [0.1, 0.15) is 10.4 Å². The van der Waals surface area contributed by atoms with Gasteiger partial charge in [-0.05, 0) is 12.1 Å². The van der Waals surface area contributed by atoms with E-state index in [1.54, 1.807) is 18.2 Å². The molecule has 2 aromatic rings. The molecule has 0 unspecified atom stereocenters. The third-order valence-corrected chi connectivity index (χ3v) is 2.56. The van der Waals surface area contributed by atoms with Crippen molar-refractivity contribution in [3.63, 3.8) is 0 Å². The molecule has 6 nitrogen and oxygen atoms in total. The van der Waals surface area contributed by atoms with Crippen LogP contribution in [0.5, 0.6) is 5.75 Å². The van der Waals surface area contributed by atoms with Crippen LogP contribution in [0.25, 0.3) is 11.0 Å². The number of methoxy groups -OCH3 is 2. The molecule has 19 heavy (non-hydrogen) atoms. The number of carbonyl (C=O) groups excluding carboxylic acids is 2. The Morgan fingerprint density at radius 2 is 1.95 bits per heavy atom. The molecular weight excluding hydrogens is 252 g/mol. The van der Waals surface area contributed by atoms with Crippen LogP contribution < -0.4 is 10.4 Å². The smallest absolute Gasteiger partial charge is 0.379 e. The Labute approximate surface area is 107 Å². The van der Waals surface area contributed by atoms with Crippen molar-refractivity contribution in [1.29, 1.82) is 0 Å². The van der Waals surface area contributed by atoms with Crippen LogP contribution in [0.2, 0.25) is 0 Å². The zero-order chi connectivity index (χ0) is 14.0. The predicted octanol–water partition coefficient (Wildman–Crippen LogP) is 1.16. The van der Waals surface area contributed by atoms with E-state index in [4.69, 9.17) is 9.15 Å². The minimum atomic E-state index is -1.12. The van der Waals surface area contributed by atoms with Gasteiger partial charge >= 0.3 is 11.6 Å². The average molecular weight is 262 g/mol. The van der Waals surface area contributed by atoms with Crippen molar-refractivity contribution in [3.05, 3.63) is 40.2 Å². The van der Waals surface area contributed by atoms with Gasteiger partial charge in [0, 0.05) is 5.39 Å². The van der Waals surface area contributed by atoms with E-state index in [0.717, 1.165) is 7.11 Å². The molecule has 2 rings (SSSR count). The molecule has 1 heterocycles. The summed E-state index contributed by atoms with van der Waals surface area (Å²) in [6.07, 6.45) is 0. The summed E-state index contributed by atoms with van der Waals surface area (Å²) in [5.74, 6) is -1.79. The number of hydrogen-bond acceptors (Lipinski definition) is 6. The first kappa shape index (κ1) is 12.8. The van der Waals surface area contributed by atoms with Gasteiger partial charge < -0.3 is 13.9 Å². The van der Waals surface area contributed by atoms with E-state index in [1.807, 2.05) is 0 Å². The number of carbonyl (C=O) groups is 2. The summed E-state index contributed by atoms with van der Waals surface area (Å²) in [6.45, 7) is 0. The van der Waals surface area contributed by atoms with E-state index in [2.05, 4.69) is 4.74 Å². The molecule has 0 fully saturated rings. The lowest BCUT2D eigenvalue weighted by molar-refractivity contribution is -0.135. The van der Waals surface area contributed by atoms with Crippen LogP contribution in [0, 0.1) is 0 Å². The Kier molecular flexibility index (Phi) is 3.33. The lowest BCUT2D eigenvalue weighted by atomic mass is 10.1. The Morgan fingerprint density at radius 3 is 2.58 bits per heavy atom. The monoisotopic (exact) mass is 262 g/mol. The zero-order valence-corrected chi connectivity index (χ0v) is 10.3. The van der Waals surface area contributed by atoms with E-state index < -0.39 is 17.4 Å². The van der Waals surface area contributed by atoms with Crippen molar-refractivity contribution >= 4 is 22.7 Å². The fourth-order valence-electron chi connectivity index (χ4n) is 1.64. The zero-order valence-electron chi connectivity index (χ0n) is 10.3. The van der Waals surface area contributed by atoms with Gasteiger partial charge in [0.05, 0.1) is 14.2 Å². The molecule has 0 atom stereocenters. The molecule has 1 aromatic heterocycles. The summed E-state index contributed by atoms with van der Waals surface area (Å²) in [7, 11) is 2.49. The average Bonchev–Trinajstić information content (AvgIpc) is 2.44. The first-order chi connectivity index (χ1) is 9.08. The van der Waals surface area contributed by atoms with Gasteiger partial charge in [0.15, 0.2) is 11.3 Å². The van der Waals surface area contributed by atoms with Gasteiger partial charge in [-0.2, -0.15) is 0 Å². The minimum Gasteiger partial charge on any atom is -0.493 e. The quantitative estimate of drug-likeness (QED) is 0.357. The molecular formula is C13H10O6. The van der Waals surface area contributed by atoms with Crippen molar-refractivity contribution in [1.82, 2.24) is 0 Å². The number of ketones is 1. The number of Topliss-reactive ketones (excluding diaryl/α,β-unsaturated/α-hetero) is 1. The molecule has 0 amide bonds. The van der Waals surface area contributed by atoms with Crippen molar-refractivity contribution in [2.45, 2.75) is 0 Å². The summed E-state index contributed by atoms with van der Waals surface area (Å²) in [5, 5.41) is 0.478. The maximum absolute atomic E-state index is 11.7. The molecule has 6 heteroatoms. The topological polar surface area (TPSA) is 82.8 Å². The highest BCUT2D eigenvalue weighted by molar-refractivity contribution is 6.40. The predicted molar refractivity (Wildman–Crippen MR) is 65.4 cm³/mol. The number of ether oxygens (including phenoxy) is 2. The van der Waals surface area contributed by atoms with E-state index >= 15 is 0 Å². The van der Waals surface area contributed by atoms with Gasteiger partial charge in [-0.3, -0.25) is 4.79 Å². The molecule has 98 valence electrons. The van der Waals surface area contributed by atoms with Crippen molar-refractivity contribution in [2.75, 3.05) is 14.2 Å². The summed E-state index contributed by atoms with van der Waals surface area (Å²) >= 11 is 0. The summed E-state index contributed by atoms with van der Waals surface area (Å²) in [5.41, 5.74) is -1.06. The second-order valence-corrected chi connectivity index (χ2v) is 3.65. The lowest BCUT2D eigenvalue weighted by Crippen LogP contribution is -2.22. The molecule has 0 radical (unpaired) electrons. The molecule has 0 saturated carbocycles. The number of hydrogen-bond donors (Lipinski definition) is 0. The van der Waals surface area contributed by atoms with E-state index in [-0.39, 0.29) is 11.1 Å². The Morgan fingerprint density at radius 1 is 1.21 bits per heavy atom. The lowest BCUT2D eigenvalue weighted by Gasteiger charge is -2.04. The van der Waals surface area contributed by atoms with Crippen molar-refractivity contribution in [2.24, 2.45) is 0 Å². The van der Waals surface area contributed by atoms with Gasteiger partial charge in [-0.25, -0.2) is 9.59 Å². The molecule has 0 spiro atoms. The molecule has 0 bridgehead atoms. The molecule has 0 aliphatic carbocycles. The molecule has 0 saturated heterocycles. The van der Waals surface area contributed by atoms with Gasteiger partial charge in [0.2, 0.25) is 0 Å². The second-order valence-electron chi connectivity index (χ2n) is 3.65. The van der Waals surface area contributed by atoms with Crippen LogP contribution >= 0.6 is 0 Å². The summed E-state index contributed by atoms with van der Waals surface area (Å²) in [4.78, 5) is 34.5. The Bertz CT molecular complexity index is 713. The Balaban J connectivity index is 2.67. The van der Waals surface area contributed by atoms with Crippen molar-refractivity contribution < 1.29 is 23.5 Å². The fraction of sp³-hybridized carbons (Fsp3) is 0.154. The maximum atomic E-state index is 11.7. The number of para-hydroxylation sites is 1. The number of esters is 1. The van der Waals surface area contributed by atoms with E-state index in [9.17, 15) is 14.4 Å². The van der Waals surface area contributed by atoms with Gasteiger partial charge in [0.25, 0.3) is 5.78 Å². The summed E-state index contributed by atoms with van der Waals surface area (Å²) in [6, 6.07) is 6.21.